The van der Waals surface area contributed by atoms with Crippen molar-refractivity contribution >= 4 is 50.7 Å². The summed E-state index contributed by atoms with van der Waals surface area (Å²) in [5.41, 5.74) is 0.544. The Kier molecular flexibility index (Phi) is 4.90. The number of halogens is 3. The molecule has 1 aliphatic rings. The Morgan fingerprint density at radius 2 is 2.11 bits per heavy atom. The largest absolute Gasteiger partial charge is 0.323 e. The highest BCUT2D eigenvalue weighted by atomic mass is 79.9. The number of carbonyl (C=O) groups is 1. The highest BCUT2D eigenvalue weighted by Gasteiger charge is 2.21. The molecule has 1 atom stereocenters. The predicted octanol–water partition coefficient (Wildman–Crippen LogP) is 3.84. The third kappa shape index (κ3) is 3.18. The third-order valence-electron chi connectivity index (χ3n) is 2.92. The first-order valence-corrected chi connectivity index (χ1v) is 7.32. The van der Waals surface area contributed by atoms with Gasteiger partial charge in [0.05, 0.1) is 21.8 Å². The van der Waals surface area contributed by atoms with Crippen LogP contribution in [0.2, 0.25) is 10.0 Å². The van der Waals surface area contributed by atoms with Crippen LogP contribution in [-0.2, 0) is 4.79 Å². The lowest BCUT2D eigenvalue weighted by Crippen LogP contribution is -2.43. The Labute approximate surface area is 124 Å². The fraction of sp³-hybridized carbons (Fsp3) is 0.417. The van der Waals surface area contributed by atoms with Crippen molar-refractivity contribution in [1.29, 1.82) is 0 Å². The normalized spacial score (nSPS) is 19.6. The Bertz CT molecular complexity index is 462. The van der Waals surface area contributed by atoms with Crippen LogP contribution < -0.4 is 10.6 Å². The number of nitrogens with one attached hydrogen (secondary N) is 2. The van der Waals surface area contributed by atoms with E-state index in [-0.39, 0.29) is 11.9 Å². The average molecular weight is 352 g/mol. The molecule has 1 fully saturated rings. The van der Waals surface area contributed by atoms with E-state index in [9.17, 15) is 4.79 Å². The summed E-state index contributed by atoms with van der Waals surface area (Å²) in [5, 5.41) is 6.76. The van der Waals surface area contributed by atoms with Crippen molar-refractivity contribution in [3.8, 4) is 0 Å². The molecule has 1 heterocycles. The molecule has 6 heteroatoms. The fourth-order valence-corrected chi connectivity index (χ4v) is 2.74. The summed E-state index contributed by atoms with van der Waals surface area (Å²) >= 11 is 15.4. The van der Waals surface area contributed by atoms with Crippen LogP contribution >= 0.6 is 39.1 Å². The van der Waals surface area contributed by atoms with Gasteiger partial charge in [-0.3, -0.25) is 4.79 Å². The Balaban J connectivity index is 2.09. The number of hydrogen-bond acceptors (Lipinski definition) is 2. The summed E-state index contributed by atoms with van der Waals surface area (Å²) in [6.45, 7) is 0.882. The van der Waals surface area contributed by atoms with Crippen LogP contribution in [0.5, 0.6) is 0 Å². The van der Waals surface area contributed by atoms with E-state index in [1.165, 1.54) is 0 Å². The topological polar surface area (TPSA) is 41.1 Å². The maximum atomic E-state index is 12.0. The fourth-order valence-electron chi connectivity index (χ4n) is 1.92. The van der Waals surface area contributed by atoms with Crippen molar-refractivity contribution in [2.75, 3.05) is 11.9 Å². The van der Waals surface area contributed by atoms with E-state index in [1.54, 1.807) is 12.1 Å². The van der Waals surface area contributed by atoms with E-state index in [0.29, 0.717) is 20.2 Å². The minimum Gasteiger partial charge on any atom is -0.323 e. The summed E-state index contributed by atoms with van der Waals surface area (Å²) in [7, 11) is 0. The van der Waals surface area contributed by atoms with Gasteiger partial charge >= 0.3 is 0 Å². The molecule has 2 rings (SSSR count). The molecular formula is C12H13BrCl2N2O. The molecule has 0 saturated carbocycles. The van der Waals surface area contributed by atoms with E-state index in [4.69, 9.17) is 23.2 Å². The van der Waals surface area contributed by atoms with E-state index >= 15 is 0 Å². The van der Waals surface area contributed by atoms with Gasteiger partial charge in [-0.2, -0.15) is 0 Å². The molecule has 1 aromatic carbocycles. The molecular weight excluding hydrogens is 339 g/mol. The number of hydrogen-bond donors (Lipinski definition) is 2. The molecule has 18 heavy (non-hydrogen) atoms. The standard InChI is InChI=1S/C12H13BrCl2N2O/c13-7-4-5-8(11(15)10(7)14)17-12(18)9-3-1-2-6-16-9/h4-5,9,16H,1-3,6H2,(H,17,18)/t9-/m1/s1. The Hall–Kier alpha value is -0.290. The summed E-state index contributed by atoms with van der Waals surface area (Å²) < 4.78 is 0.711. The number of rotatable bonds is 2. The molecule has 0 aromatic heterocycles. The van der Waals surface area contributed by atoms with E-state index in [2.05, 4.69) is 26.6 Å². The number of piperidine rings is 1. The zero-order valence-corrected chi connectivity index (χ0v) is 12.7. The number of anilines is 1. The molecule has 0 aliphatic carbocycles. The van der Waals surface area contributed by atoms with Crippen LogP contribution in [0.1, 0.15) is 19.3 Å². The molecule has 0 radical (unpaired) electrons. The van der Waals surface area contributed by atoms with Gasteiger partial charge in [0.1, 0.15) is 0 Å². The maximum absolute atomic E-state index is 12.0. The first-order chi connectivity index (χ1) is 8.59. The van der Waals surface area contributed by atoms with Crippen LogP contribution in [-0.4, -0.2) is 18.5 Å². The van der Waals surface area contributed by atoms with Gasteiger partial charge in [0, 0.05) is 4.47 Å². The molecule has 1 aromatic rings. The lowest BCUT2D eigenvalue weighted by Gasteiger charge is -2.22. The van der Waals surface area contributed by atoms with Crippen LogP contribution in [0.3, 0.4) is 0 Å². The molecule has 0 unspecified atom stereocenters. The molecule has 1 aliphatic heterocycles. The zero-order valence-electron chi connectivity index (χ0n) is 9.60. The number of carbonyl (C=O) groups excluding carboxylic acids is 1. The van der Waals surface area contributed by atoms with Gasteiger partial charge in [-0.05, 0) is 47.4 Å². The van der Waals surface area contributed by atoms with Crippen molar-refractivity contribution in [1.82, 2.24) is 5.32 Å². The van der Waals surface area contributed by atoms with Gasteiger partial charge in [0.15, 0.2) is 0 Å². The van der Waals surface area contributed by atoms with Crippen molar-refractivity contribution in [3.05, 3.63) is 26.7 Å². The second kappa shape index (κ2) is 6.24. The molecule has 98 valence electrons. The van der Waals surface area contributed by atoms with Gasteiger partial charge in [-0.15, -0.1) is 0 Å². The summed E-state index contributed by atoms with van der Waals surface area (Å²) in [4.78, 5) is 12.0. The molecule has 2 N–H and O–H groups in total. The smallest absolute Gasteiger partial charge is 0.241 e. The van der Waals surface area contributed by atoms with Crippen molar-refractivity contribution in [2.45, 2.75) is 25.3 Å². The van der Waals surface area contributed by atoms with E-state index in [0.717, 1.165) is 25.8 Å². The quantitative estimate of drug-likeness (QED) is 0.795. The lowest BCUT2D eigenvalue weighted by atomic mass is 10.0. The minimum atomic E-state index is -0.141. The van der Waals surface area contributed by atoms with Gasteiger partial charge in [-0.1, -0.05) is 29.6 Å². The highest BCUT2D eigenvalue weighted by molar-refractivity contribution is 9.10. The van der Waals surface area contributed by atoms with Crippen molar-refractivity contribution in [3.63, 3.8) is 0 Å². The Morgan fingerprint density at radius 1 is 1.33 bits per heavy atom. The van der Waals surface area contributed by atoms with E-state index < -0.39 is 0 Å². The van der Waals surface area contributed by atoms with Crippen LogP contribution in [0.4, 0.5) is 5.69 Å². The number of benzene rings is 1. The van der Waals surface area contributed by atoms with Crippen molar-refractivity contribution < 1.29 is 4.79 Å². The van der Waals surface area contributed by atoms with Crippen LogP contribution in [0, 0.1) is 0 Å². The summed E-state index contributed by atoms with van der Waals surface area (Å²) in [6.07, 6.45) is 3.04. The second-order valence-electron chi connectivity index (χ2n) is 4.21. The molecule has 0 spiro atoms. The van der Waals surface area contributed by atoms with Gasteiger partial charge in [-0.25, -0.2) is 0 Å². The van der Waals surface area contributed by atoms with Gasteiger partial charge < -0.3 is 10.6 Å². The second-order valence-corrected chi connectivity index (χ2v) is 5.82. The van der Waals surface area contributed by atoms with Crippen molar-refractivity contribution in [2.24, 2.45) is 0 Å². The minimum absolute atomic E-state index is 0.0602. The highest BCUT2D eigenvalue weighted by Crippen LogP contribution is 2.35. The first kappa shape index (κ1) is 14.1. The zero-order chi connectivity index (χ0) is 13.1. The van der Waals surface area contributed by atoms with Gasteiger partial charge in [0.25, 0.3) is 0 Å². The SMILES string of the molecule is O=C(Nc1ccc(Br)c(Cl)c1Cl)[C@H]1CCCCN1. The van der Waals surface area contributed by atoms with E-state index in [1.807, 2.05) is 0 Å². The summed E-state index contributed by atoms with van der Waals surface area (Å²) in [5.74, 6) is -0.0602. The molecule has 3 nitrogen and oxygen atoms in total. The monoisotopic (exact) mass is 350 g/mol. The average Bonchev–Trinajstić information content (AvgIpc) is 2.40. The molecule has 1 amide bonds. The third-order valence-corrected chi connectivity index (χ3v) is 4.69. The first-order valence-electron chi connectivity index (χ1n) is 5.77. The predicted molar refractivity (Wildman–Crippen MR) is 78.4 cm³/mol. The number of amides is 1. The van der Waals surface area contributed by atoms with Crippen LogP contribution in [0.15, 0.2) is 16.6 Å². The molecule has 1 saturated heterocycles. The Morgan fingerprint density at radius 3 is 2.78 bits per heavy atom. The summed E-state index contributed by atoms with van der Waals surface area (Å²) in [6, 6.07) is 3.36. The van der Waals surface area contributed by atoms with Gasteiger partial charge in [0.2, 0.25) is 5.91 Å². The molecule has 0 bridgehead atoms. The van der Waals surface area contributed by atoms with Crippen LogP contribution in [0.25, 0.3) is 0 Å². The maximum Gasteiger partial charge on any atom is 0.241 e. The lowest BCUT2D eigenvalue weighted by molar-refractivity contribution is -0.118.